The smallest absolute Gasteiger partial charge is 0.234 e. The maximum absolute atomic E-state index is 11.6. The van der Waals surface area contributed by atoms with Gasteiger partial charge in [-0.25, -0.2) is 0 Å². The number of hydrogen-bond donors (Lipinski definition) is 2. The second kappa shape index (κ2) is 7.67. The summed E-state index contributed by atoms with van der Waals surface area (Å²) in [4.78, 5) is 13.9. The molecule has 0 bridgehead atoms. The first-order chi connectivity index (χ1) is 8.11. The molecule has 1 aliphatic heterocycles. The van der Waals surface area contributed by atoms with Gasteiger partial charge in [0.25, 0.3) is 0 Å². The van der Waals surface area contributed by atoms with Gasteiger partial charge in [0.15, 0.2) is 0 Å². The first-order valence-corrected chi connectivity index (χ1v) is 6.87. The Hall–Kier alpha value is -0.610. The van der Waals surface area contributed by atoms with Crippen molar-refractivity contribution in [2.45, 2.75) is 52.1 Å². The number of likely N-dealkylation sites (tertiary alicyclic amines) is 1. The Labute approximate surface area is 105 Å². The third-order valence-electron chi connectivity index (χ3n) is 3.09. The van der Waals surface area contributed by atoms with E-state index in [-0.39, 0.29) is 11.9 Å². The molecular weight excluding hydrogens is 214 g/mol. The number of carbonyl (C=O) groups is 1. The zero-order chi connectivity index (χ0) is 12.7. The summed E-state index contributed by atoms with van der Waals surface area (Å²) in [5.41, 5.74) is 0. The topological polar surface area (TPSA) is 44.4 Å². The van der Waals surface area contributed by atoms with Crippen LogP contribution in [0.3, 0.4) is 0 Å². The molecule has 0 radical (unpaired) electrons. The molecule has 0 saturated carbocycles. The van der Waals surface area contributed by atoms with Gasteiger partial charge >= 0.3 is 0 Å². The summed E-state index contributed by atoms with van der Waals surface area (Å²) in [5.74, 6) is 0.153. The molecule has 0 atom stereocenters. The fourth-order valence-electron chi connectivity index (χ4n) is 2.21. The Kier molecular flexibility index (Phi) is 6.52. The van der Waals surface area contributed by atoms with Crippen LogP contribution in [-0.2, 0) is 4.79 Å². The Balaban J connectivity index is 2.16. The predicted molar refractivity (Wildman–Crippen MR) is 71.0 cm³/mol. The molecule has 1 saturated heterocycles. The van der Waals surface area contributed by atoms with Gasteiger partial charge in [0.05, 0.1) is 6.54 Å². The summed E-state index contributed by atoms with van der Waals surface area (Å²) in [6.45, 7) is 9.92. The standard InChI is InChI=1S/C13H27N3O/c1-4-7-14-12-5-8-16(9-6-12)10-13(17)15-11(2)3/h11-12,14H,4-10H2,1-3H3,(H,15,17). The van der Waals surface area contributed by atoms with Crippen LogP contribution in [0.15, 0.2) is 0 Å². The molecule has 0 spiro atoms. The van der Waals surface area contributed by atoms with Crippen molar-refractivity contribution in [3.63, 3.8) is 0 Å². The van der Waals surface area contributed by atoms with Crippen molar-refractivity contribution in [3.8, 4) is 0 Å². The highest BCUT2D eigenvalue weighted by molar-refractivity contribution is 5.78. The molecule has 17 heavy (non-hydrogen) atoms. The van der Waals surface area contributed by atoms with E-state index >= 15 is 0 Å². The van der Waals surface area contributed by atoms with Crippen LogP contribution in [0.5, 0.6) is 0 Å². The SMILES string of the molecule is CCCNC1CCN(CC(=O)NC(C)C)CC1. The molecule has 1 rings (SSSR count). The molecular formula is C13H27N3O. The van der Waals surface area contributed by atoms with Crippen molar-refractivity contribution in [1.82, 2.24) is 15.5 Å². The zero-order valence-electron chi connectivity index (χ0n) is 11.5. The Morgan fingerprint density at radius 1 is 1.35 bits per heavy atom. The van der Waals surface area contributed by atoms with Crippen LogP contribution < -0.4 is 10.6 Å². The number of rotatable bonds is 6. The van der Waals surface area contributed by atoms with E-state index in [2.05, 4.69) is 22.5 Å². The molecule has 4 nitrogen and oxygen atoms in total. The monoisotopic (exact) mass is 241 g/mol. The number of hydrogen-bond acceptors (Lipinski definition) is 3. The van der Waals surface area contributed by atoms with Crippen LogP contribution in [-0.4, -0.2) is 49.1 Å². The average molecular weight is 241 g/mol. The first-order valence-electron chi connectivity index (χ1n) is 6.87. The van der Waals surface area contributed by atoms with E-state index in [4.69, 9.17) is 0 Å². The minimum Gasteiger partial charge on any atom is -0.353 e. The van der Waals surface area contributed by atoms with E-state index in [1.54, 1.807) is 0 Å². The molecule has 0 unspecified atom stereocenters. The van der Waals surface area contributed by atoms with Gasteiger partial charge in [0.1, 0.15) is 0 Å². The summed E-state index contributed by atoms with van der Waals surface area (Å²) in [7, 11) is 0. The maximum Gasteiger partial charge on any atom is 0.234 e. The van der Waals surface area contributed by atoms with E-state index in [1.165, 1.54) is 6.42 Å². The average Bonchev–Trinajstić information content (AvgIpc) is 2.27. The van der Waals surface area contributed by atoms with Crippen molar-refractivity contribution in [3.05, 3.63) is 0 Å². The molecule has 1 amide bonds. The van der Waals surface area contributed by atoms with E-state index in [0.29, 0.717) is 12.6 Å². The summed E-state index contributed by atoms with van der Waals surface area (Å²) in [5, 5.41) is 6.49. The molecule has 1 heterocycles. The lowest BCUT2D eigenvalue weighted by Crippen LogP contribution is -2.47. The Morgan fingerprint density at radius 3 is 2.53 bits per heavy atom. The van der Waals surface area contributed by atoms with Crippen LogP contribution in [0.1, 0.15) is 40.0 Å². The molecule has 100 valence electrons. The lowest BCUT2D eigenvalue weighted by molar-refractivity contribution is -0.123. The molecule has 0 aliphatic carbocycles. The highest BCUT2D eigenvalue weighted by atomic mass is 16.2. The second-order valence-electron chi connectivity index (χ2n) is 5.23. The first kappa shape index (κ1) is 14.5. The van der Waals surface area contributed by atoms with Crippen LogP contribution in [0.4, 0.5) is 0 Å². The fourth-order valence-corrected chi connectivity index (χ4v) is 2.21. The number of carbonyl (C=O) groups excluding carboxylic acids is 1. The number of amides is 1. The van der Waals surface area contributed by atoms with Gasteiger partial charge in [-0.15, -0.1) is 0 Å². The lowest BCUT2D eigenvalue weighted by atomic mass is 10.0. The summed E-state index contributed by atoms with van der Waals surface area (Å²) >= 11 is 0. The quantitative estimate of drug-likeness (QED) is 0.728. The molecule has 0 aromatic heterocycles. The highest BCUT2D eigenvalue weighted by Gasteiger charge is 2.20. The van der Waals surface area contributed by atoms with E-state index in [9.17, 15) is 4.79 Å². The minimum atomic E-state index is 0.153. The Bertz CT molecular complexity index is 223. The lowest BCUT2D eigenvalue weighted by Gasteiger charge is -2.32. The summed E-state index contributed by atoms with van der Waals surface area (Å²) in [6.07, 6.45) is 3.51. The van der Waals surface area contributed by atoms with Gasteiger partial charge in [-0.1, -0.05) is 6.92 Å². The third-order valence-corrected chi connectivity index (χ3v) is 3.09. The zero-order valence-corrected chi connectivity index (χ0v) is 11.5. The van der Waals surface area contributed by atoms with Crippen molar-refractivity contribution < 1.29 is 4.79 Å². The van der Waals surface area contributed by atoms with Gasteiger partial charge in [-0.3, -0.25) is 9.69 Å². The van der Waals surface area contributed by atoms with Crippen molar-refractivity contribution in [2.24, 2.45) is 0 Å². The summed E-state index contributed by atoms with van der Waals surface area (Å²) < 4.78 is 0. The molecule has 0 aromatic rings. The van der Waals surface area contributed by atoms with Gasteiger partial charge in [0, 0.05) is 25.2 Å². The van der Waals surface area contributed by atoms with Gasteiger partial charge in [0.2, 0.25) is 5.91 Å². The minimum absolute atomic E-state index is 0.153. The van der Waals surface area contributed by atoms with Crippen molar-refractivity contribution >= 4 is 5.91 Å². The van der Waals surface area contributed by atoms with Crippen molar-refractivity contribution in [1.29, 1.82) is 0 Å². The Morgan fingerprint density at radius 2 is 2.00 bits per heavy atom. The number of nitrogens with zero attached hydrogens (tertiary/aromatic N) is 1. The van der Waals surface area contributed by atoms with Crippen LogP contribution >= 0.6 is 0 Å². The third kappa shape index (κ3) is 6.03. The number of piperidine rings is 1. The number of nitrogens with one attached hydrogen (secondary N) is 2. The molecule has 2 N–H and O–H groups in total. The van der Waals surface area contributed by atoms with Gasteiger partial charge < -0.3 is 10.6 Å². The normalized spacial score (nSPS) is 18.6. The van der Waals surface area contributed by atoms with Gasteiger partial charge in [-0.2, -0.15) is 0 Å². The highest BCUT2D eigenvalue weighted by Crippen LogP contribution is 2.09. The molecule has 1 fully saturated rings. The predicted octanol–water partition coefficient (Wildman–Crippen LogP) is 0.975. The van der Waals surface area contributed by atoms with E-state index in [0.717, 1.165) is 32.5 Å². The summed E-state index contributed by atoms with van der Waals surface area (Å²) in [6, 6.07) is 0.894. The van der Waals surface area contributed by atoms with Crippen LogP contribution in [0, 0.1) is 0 Å². The largest absolute Gasteiger partial charge is 0.353 e. The fraction of sp³-hybridized carbons (Fsp3) is 0.923. The second-order valence-corrected chi connectivity index (χ2v) is 5.23. The van der Waals surface area contributed by atoms with Gasteiger partial charge in [-0.05, 0) is 39.7 Å². The molecule has 1 aliphatic rings. The van der Waals surface area contributed by atoms with Crippen LogP contribution in [0.25, 0.3) is 0 Å². The van der Waals surface area contributed by atoms with Crippen LogP contribution in [0.2, 0.25) is 0 Å². The van der Waals surface area contributed by atoms with E-state index < -0.39 is 0 Å². The molecule has 4 heteroatoms. The van der Waals surface area contributed by atoms with Crippen molar-refractivity contribution in [2.75, 3.05) is 26.2 Å². The maximum atomic E-state index is 11.6. The van der Waals surface area contributed by atoms with E-state index in [1.807, 2.05) is 13.8 Å². The molecule has 0 aromatic carbocycles.